The van der Waals surface area contributed by atoms with E-state index < -0.39 is 0 Å². The van der Waals surface area contributed by atoms with Gasteiger partial charge in [0.15, 0.2) is 0 Å². The zero-order valence-corrected chi connectivity index (χ0v) is 7.95. The standard InChI is InChI=1S/C9H16N2O2/c1-7-4-8(6-10-5-7)11-2-3-13-9(11)12/h7-8,10H,2-6H2,1H3. The lowest BCUT2D eigenvalue weighted by Gasteiger charge is -2.32. The summed E-state index contributed by atoms with van der Waals surface area (Å²) < 4.78 is 4.91. The van der Waals surface area contributed by atoms with Crippen LogP contribution in [0.2, 0.25) is 0 Å². The Hall–Kier alpha value is -0.770. The number of hydrogen-bond donors (Lipinski definition) is 1. The van der Waals surface area contributed by atoms with Crippen LogP contribution in [0.4, 0.5) is 4.79 Å². The van der Waals surface area contributed by atoms with Gasteiger partial charge < -0.3 is 15.0 Å². The number of nitrogens with zero attached hydrogens (tertiary/aromatic N) is 1. The Labute approximate surface area is 78.2 Å². The molecule has 0 saturated carbocycles. The van der Waals surface area contributed by atoms with Gasteiger partial charge in [0.1, 0.15) is 6.61 Å². The molecule has 2 fully saturated rings. The second-order valence-electron chi connectivity index (χ2n) is 3.96. The number of ether oxygens (including phenoxy) is 1. The number of hydrogen-bond acceptors (Lipinski definition) is 3. The fraction of sp³-hybridized carbons (Fsp3) is 0.889. The van der Waals surface area contributed by atoms with Gasteiger partial charge in [0.25, 0.3) is 0 Å². The van der Waals surface area contributed by atoms with Crippen LogP contribution >= 0.6 is 0 Å². The number of amides is 1. The zero-order valence-electron chi connectivity index (χ0n) is 7.95. The van der Waals surface area contributed by atoms with E-state index in [2.05, 4.69) is 12.2 Å². The average Bonchev–Trinajstić information content (AvgIpc) is 2.51. The molecule has 2 atom stereocenters. The quantitative estimate of drug-likeness (QED) is 0.643. The molecule has 0 spiro atoms. The van der Waals surface area contributed by atoms with Crippen molar-refractivity contribution in [3.05, 3.63) is 0 Å². The predicted octanol–water partition coefficient (Wildman–Crippen LogP) is 0.437. The maximum Gasteiger partial charge on any atom is 0.410 e. The van der Waals surface area contributed by atoms with Crippen LogP contribution in [0.15, 0.2) is 0 Å². The minimum atomic E-state index is -0.138. The third-order valence-corrected chi connectivity index (χ3v) is 2.78. The van der Waals surface area contributed by atoms with Gasteiger partial charge in [-0.25, -0.2) is 4.79 Å². The van der Waals surface area contributed by atoms with Gasteiger partial charge in [-0.1, -0.05) is 6.92 Å². The van der Waals surface area contributed by atoms with E-state index in [4.69, 9.17) is 4.74 Å². The highest BCUT2D eigenvalue weighted by molar-refractivity contribution is 5.69. The van der Waals surface area contributed by atoms with Gasteiger partial charge >= 0.3 is 6.09 Å². The van der Waals surface area contributed by atoms with Crippen LogP contribution < -0.4 is 5.32 Å². The molecule has 2 saturated heterocycles. The molecule has 0 bridgehead atoms. The van der Waals surface area contributed by atoms with Gasteiger partial charge in [0, 0.05) is 12.6 Å². The second-order valence-corrected chi connectivity index (χ2v) is 3.96. The summed E-state index contributed by atoms with van der Waals surface area (Å²) in [7, 11) is 0. The molecular weight excluding hydrogens is 168 g/mol. The minimum Gasteiger partial charge on any atom is -0.448 e. The van der Waals surface area contributed by atoms with Gasteiger partial charge in [-0.3, -0.25) is 0 Å². The molecule has 1 N–H and O–H groups in total. The molecule has 0 aromatic rings. The molecule has 1 amide bonds. The molecule has 0 aromatic heterocycles. The van der Waals surface area contributed by atoms with Crippen molar-refractivity contribution < 1.29 is 9.53 Å². The van der Waals surface area contributed by atoms with Crippen LogP contribution in [0.5, 0.6) is 0 Å². The average molecular weight is 184 g/mol. The lowest BCUT2D eigenvalue weighted by Crippen LogP contribution is -2.48. The highest BCUT2D eigenvalue weighted by Gasteiger charge is 2.32. The Morgan fingerprint density at radius 2 is 2.38 bits per heavy atom. The lowest BCUT2D eigenvalue weighted by atomic mass is 9.97. The van der Waals surface area contributed by atoms with Crippen molar-refractivity contribution in [1.82, 2.24) is 10.2 Å². The molecule has 2 rings (SSSR count). The first-order valence-corrected chi connectivity index (χ1v) is 4.91. The van der Waals surface area contributed by atoms with Crippen LogP contribution in [0.3, 0.4) is 0 Å². The Kier molecular flexibility index (Phi) is 2.40. The first kappa shape index (κ1) is 8.81. The normalized spacial score (nSPS) is 34.8. The molecule has 2 aliphatic heterocycles. The van der Waals surface area contributed by atoms with E-state index in [-0.39, 0.29) is 6.09 Å². The molecule has 2 unspecified atom stereocenters. The third-order valence-electron chi connectivity index (χ3n) is 2.78. The van der Waals surface area contributed by atoms with E-state index in [0.29, 0.717) is 18.6 Å². The molecule has 4 nitrogen and oxygen atoms in total. The Morgan fingerprint density at radius 1 is 1.54 bits per heavy atom. The van der Waals surface area contributed by atoms with Crippen LogP contribution in [-0.4, -0.2) is 43.3 Å². The summed E-state index contributed by atoms with van der Waals surface area (Å²) in [4.78, 5) is 13.1. The molecule has 0 aromatic carbocycles. The number of rotatable bonds is 1. The fourth-order valence-corrected chi connectivity index (χ4v) is 2.10. The predicted molar refractivity (Wildman–Crippen MR) is 48.5 cm³/mol. The summed E-state index contributed by atoms with van der Waals surface area (Å²) >= 11 is 0. The minimum absolute atomic E-state index is 0.138. The summed E-state index contributed by atoms with van der Waals surface area (Å²) in [6, 6.07) is 0.346. The molecule has 2 heterocycles. The highest BCUT2D eigenvalue weighted by Crippen LogP contribution is 2.18. The number of cyclic esters (lactones) is 1. The summed E-state index contributed by atoms with van der Waals surface area (Å²) in [5, 5.41) is 3.33. The molecule has 13 heavy (non-hydrogen) atoms. The van der Waals surface area contributed by atoms with Gasteiger partial charge in [0.2, 0.25) is 0 Å². The lowest BCUT2D eigenvalue weighted by molar-refractivity contribution is 0.136. The van der Waals surface area contributed by atoms with Crippen molar-refractivity contribution in [1.29, 1.82) is 0 Å². The van der Waals surface area contributed by atoms with E-state index in [9.17, 15) is 4.79 Å². The largest absolute Gasteiger partial charge is 0.448 e. The highest BCUT2D eigenvalue weighted by atomic mass is 16.6. The van der Waals surface area contributed by atoms with Gasteiger partial charge in [-0.2, -0.15) is 0 Å². The summed E-state index contributed by atoms with van der Waals surface area (Å²) in [5.41, 5.74) is 0. The third kappa shape index (κ3) is 1.77. The van der Waals surface area contributed by atoms with Crippen LogP contribution in [-0.2, 0) is 4.74 Å². The van der Waals surface area contributed by atoms with Crippen LogP contribution in [0.25, 0.3) is 0 Å². The maximum atomic E-state index is 11.3. The van der Waals surface area contributed by atoms with Crippen LogP contribution in [0.1, 0.15) is 13.3 Å². The zero-order chi connectivity index (χ0) is 9.26. The number of carbonyl (C=O) groups is 1. The second kappa shape index (κ2) is 3.54. The van der Waals surface area contributed by atoms with Crippen molar-refractivity contribution in [3.8, 4) is 0 Å². The Bertz CT molecular complexity index is 208. The number of carbonyl (C=O) groups excluding carboxylic acids is 1. The SMILES string of the molecule is CC1CNCC(N2CCOC2=O)C1. The molecule has 0 aliphatic carbocycles. The Morgan fingerprint density at radius 3 is 3.00 bits per heavy atom. The molecule has 74 valence electrons. The first-order valence-electron chi connectivity index (χ1n) is 4.91. The molecular formula is C9H16N2O2. The van der Waals surface area contributed by atoms with Gasteiger partial charge in [-0.15, -0.1) is 0 Å². The van der Waals surface area contributed by atoms with E-state index in [1.807, 2.05) is 4.90 Å². The van der Waals surface area contributed by atoms with Crippen molar-refractivity contribution in [2.45, 2.75) is 19.4 Å². The summed E-state index contributed by atoms with van der Waals surface area (Å²) in [6.07, 6.45) is 0.961. The topological polar surface area (TPSA) is 41.6 Å². The number of piperidine rings is 1. The molecule has 2 aliphatic rings. The van der Waals surface area contributed by atoms with Crippen molar-refractivity contribution in [2.24, 2.45) is 5.92 Å². The molecule has 0 radical (unpaired) electrons. The van der Waals surface area contributed by atoms with Gasteiger partial charge in [0.05, 0.1) is 6.54 Å². The van der Waals surface area contributed by atoms with E-state index in [1.165, 1.54) is 0 Å². The Balaban J connectivity index is 1.95. The van der Waals surface area contributed by atoms with Crippen molar-refractivity contribution >= 4 is 6.09 Å². The van der Waals surface area contributed by atoms with E-state index in [1.54, 1.807) is 0 Å². The number of nitrogens with one attached hydrogen (secondary N) is 1. The van der Waals surface area contributed by atoms with E-state index in [0.717, 1.165) is 26.1 Å². The summed E-state index contributed by atoms with van der Waals surface area (Å²) in [6.45, 7) is 5.51. The van der Waals surface area contributed by atoms with Crippen molar-refractivity contribution in [2.75, 3.05) is 26.2 Å². The van der Waals surface area contributed by atoms with E-state index >= 15 is 0 Å². The fourth-order valence-electron chi connectivity index (χ4n) is 2.10. The van der Waals surface area contributed by atoms with Gasteiger partial charge in [-0.05, 0) is 18.9 Å². The smallest absolute Gasteiger partial charge is 0.410 e. The van der Waals surface area contributed by atoms with Crippen LogP contribution in [0, 0.1) is 5.92 Å². The first-order chi connectivity index (χ1) is 6.27. The monoisotopic (exact) mass is 184 g/mol. The van der Waals surface area contributed by atoms with Crippen molar-refractivity contribution in [3.63, 3.8) is 0 Å². The molecule has 4 heteroatoms. The summed E-state index contributed by atoms with van der Waals surface area (Å²) in [5.74, 6) is 0.659. The maximum absolute atomic E-state index is 11.3.